The molecule has 0 N–H and O–H groups in total. The lowest BCUT2D eigenvalue weighted by Crippen LogP contribution is -1.93. The monoisotopic (exact) mass is 114 g/mol. The molecule has 1 aliphatic heterocycles. The van der Waals surface area contributed by atoms with E-state index in [2.05, 4.69) is 6.92 Å². The van der Waals surface area contributed by atoms with Crippen LogP contribution >= 0.6 is 0 Å². The van der Waals surface area contributed by atoms with Crippen molar-refractivity contribution in [2.24, 2.45) is 5.92 Å². The molecule has 1 rings (SSSR count). The molecule has 1 nitrogen and oxygen atoms in total. The zero-order valence-electron chi connectivity index (χ0n) is 5.52. The van der Waals surface area contributed by atoms with Crippen molar-refractivity contribution in [2.75, 3.05) is 13.2 Å². The molecule has 48 valence electrons. The minimum Gasteiger partial charge on any atom is -0.381 e. The maximum Gasteiger partial charge on any atom is 0.0468 e. The lowest BCUT2D eigenvalue weighted by Gasteiger charge is -2.01. The topological polar surface area (TPSA) is 9.23 Å². The first-order valence-corrected chi connectivity index (χ1v) is 3.47. The van der Waals surface area contributed by atoms with Gasteiger partial charge in [0.2, 0.25) is 0 Å². The summed E-state index contributed by atoms with van der Waals surface area (Å²) in [6, 6.07) is 0. The van der Waals surface area contributed by atoms with Gasteiger partial charge in [0.1, 0.15) is 0 Å². The van der Waals surface area contributed by atoms with E-state index in [0.717, 1.165) is 19.1 Å². The smallest absolute Gasteiger partial charge is 0.0468 e. The van der Waals surface area contributed by atoms with Gasteiger partial charge in [0.05, 0.1) is 0 Å². The van der Waals surface area contributed by atoms with Crippen LogP contribution in [0.25, 0.3) is 0 Å². The van der Waals surface area contributed by atoms with E-state index in [-0.39, 0.29) is 0 Å². The van der Waals surface area contributed by atoms with Crippen molar-refractivity contribution in [1.82, 2.24) is 0 Å². The molecule has 1 heterocycles. The van der Waals surface area contributed by atoms with Gasteiger partial charge in [-0.1, -0.05) is 6.92 Å². The van der Waals surface area contributed by atoms with Crippen molar-refractivity contribution in [2.45, 2.75) is 26.2 Å². The molecule has 0 radical (unpaired) electrons. The largest absolute Gasteiger partial charge is 0.381 e. The predicted octanol–water partition coefficient (Wildman–Crippen LogP) is 1.82. The molecule has 0 saturated carbocycles. The van der Waals surface area contributed by atoms with Crippen LogP contribution in [0, 0.1) is 5.92 Å². The molecule has 8 heavy (non-hydrogen) atoms. The molecule has 0 unspecified atom stereocenters. The average Bonchev–Trinajstić information content (AvgIpc) is 1.94. The highest BCUT2D eigenvalue weighted by Crippen LogP contribution is 2.13. The molecular weight excluding hydrogens is 100 g/mol. The first-order valence-electron chi connectivity index (χ1n) is 3.47. The Bertz CT molecular complexity index is 53.4. The van der Waals surface area contributed by atoms with E-state index in [1.165, 1.54) is 19.3 Å². The number of ether oxygens (including phenoxy) is 1. The highest BCUT2D eigenvalue weighted by molar-refractivity contribution is 4.55. The van der Waals surface area contributed by atoms with Crippen molar-refractivity contribution in [3.05, 3.63) is 0 Å². The summed E-state index contributed by atoms with van der Waals surface area (Å²) in [6.07, 6.45) is 3.89. The van der Waals surface area contributed by atoms with Gasteiger partial charge in [-0.15, -0.1) is 0 Å². The Morgan fingerprint density at radius 1 is 1.25 bits per heavy atom. The fourth-order valence-electron chi connectivity index (χ4n) is 1.06. The second-order valence-corrected chi connectivity index (χ2v) is 2.65. The van der Waals surface area contributed by atoms with E-state index < -0.39 is 0 Å². The first kappa shape index (κ1) is 6.09. The zero-order valence-corrected chi connectivity index (χ0v) is 5.52. The molecule has 0 amide bonds. The van der Waals surface area contributed by atoms with Crippen molar-refractivity contribution >= 4 is 0 Å². The summed E-state index contributed by atoms with van der Waals surface area (Å²) >= 11 is 0. The van der Waals surface area contributed by atoms with E-state index in [9.17, 15) is 0 Å². The van der Waals surface area contributed by atoms with Crippen LogP contribution in [0.15, 0.2) is 0 Å². The zero-order chi connectivity index (χ0) is 5.82. The van der Waals surface area contributed by atoms with Gasteiger partial charge in [0.25, 0.3) is 0 Å². The van der Waals surface area contributed by atoms with E-state index in [1.54, 1.807) is 0 Å². The van der Waals surface area contributed by atoms with Crippen molar-refractivity contribution in [1.29, 1.82) is 0 Å². The molecule has 1 atom stereocenters. The van der Waals surface area contributed by atoms with Gasteiger partial charge in [0.15, 0.2) is 0 Å². The summed E-state index contributed by atoms with van der Waals surface area (Å²) in [6.45, 7) is 4.28. The van der Waals surface area contributed by atoms with Crippen LogP contribution in [0.4, 0.5) is 0 Å². The van der Waals surface area contributed by atoms with Gasteiger partial charge in [0, 0.05) is 13.2 Å². The minimum atomic E-state index is 0.900. The lowest BCUT2D eigenvalue weighted by atomic mass is 10.0. The summed E-state index contributed by atoms with van der Waals surface area (Å²) in [4.78, 5) is 0. The molecule has 1 heteroatoms. The first-order chi connectivity index (χ1) is 3.89. The Balaban J connectivity index is 2.17. The average molecular weight is 114 g/mol. The van der Waals surface area contributed by atoms with Crippen LogP contribution in [0.1, 0.15) is 26.2 Å². The lowest BCUT2D eigenvalue weighted by molar-refractivity contribution is 0.142. The highest BCUT2D eigenvalue weighted by Gasteiger charge is 2.05. The summed E-state index contributed by atoms with van der Waals surface area (Å²) in [5.41, 5.74) is 0. The molecule has 1 aliphatic rings. The minimum absolute atomic E-state index is 0.900. The summed E-state index contributed by atoms with van der Waals surface area (Å²) in [7, 11) is 0. The fourth-order valence-corrected chi connectivity index (χ4v) is 1.06. The maximum atomic E-state index is 5.26. The molecule has 0 aromatic carbocycles. The Kier molecular flexibility index (Phi) is 2.34. The van der Waals surface area contributed by atoms with E-state index >= 15 is 0 Å². The predicted molar refractivity (Wildman–Crippen MR) is 33.8 cm³/mol. The van der Waals surface area contributed by atoms with Crippen LogP contribution in [0.3, 0.4) is 0 Å². The number of hydrogen-bond donors (Lipinski definition) is 0. The molecule has 0 spiro atoms. The van der Waals surface area contributed by atoms with Gasteiger partial charge in [-0.05, 0) is 25.2 Å². The van der Waals surface area contributed by atoms with Crippen LogP contribution in [-0.2, 0) is 4.74 Å². The van der Waals surface area contributed by atoms with Crippen LogP contribution in [0.5, 0.6) is 0 Å². The molecule has 0 bridgehead atoms. The van der Waals surface area contributed by atoms with Crippen LogP contribution in [0.2, 0.25) is 0 Å². The second kappa shape index (κ2) is 3.08. The van der Waals surface area contributed by atoms with Crippen molar-refractivity contribution in [3.8, 4) is 0 Å². The molecular formula is C7H14O. The van der Waals surface area contributed by atoms with Crippen molar-refractivity contribution in [3.63, 3.8) is 0 Å². The molecule has 0 aromatic rings. The van der Waals surface area contributed by atoms with Crippen LogP contribution in [-0.4, -0.2) is 13.2 Å². The van der Waals surface area contributed by atoms with Gasteiger partial charge < -0.3 is 4.74 Å². The van der Waals surface area contributed by atoms with Gasteiger partial charge >= 0.3 is 0 Å². The third-order valence-corrected chi connectivity index (χ3v) is 1.74. The molecule has 1 fully saturated rings. The Labute approximate surface area is 51.0 Å². The molecule has 1 saturated heterocycles. The normalized spacial score (nSPS) is 31.9. The Morgan fingerprint density at radius 3 is 3.00 bits per heavy atom. The van der Waals surface area contributed by atoms with E-state index in [1.807, 2.05) is 0 Å². The number of rotatable bonds is 0. The fraction of sp³-hybridized carbons (Fsp3) is 1.00. The maximum absolute atomic E-state index is 5.26. The van der Waals surface area contributed by atoms with Gasteiger partial charge in [-0.25, -0.2) is 0 Å². The van der Waals surface area contributed by atoms with E-state index in [4.69, 9.17) is 4.74 Å². The molecule has 0 aliphatic carbocycles. The van der Waals surface area contributed by atoms with Gasteiger partial charge in [-0.3, -0.25) is 0 Å². The Hall–Kier alpha value is -0.0400. The third-order valence-electron chi connectivity index (χ3n) is 1.74. The highest BCUT2D eigenvalue weighted by atomic mass is 16.5. The number of hydrogen-bond acceptors (Lipinski definition) is 1. The van der Waals surface area contributed by atoms with E-state index in [0.29, 0.717) is 0 Å². The summed E-state index contributed by atoms with van der Waals surface area (Å²) < 4.78 is 5.26. The molecule has 0 aromatic heterocycles. The van der Waals surface area contributed by atoms with Gasteiger partial charge in [-0.2, -0.15) is 0 Å². The standard InChI is InChI=1S/C7H14O/c1-7-3-2-5-8-6-4-7/h7H,2-6H2,1H3/t7-/m0/s1. The SMILES string of the molecule is C[C@H]1CCCOCC1. The van der Waals surface area contributed by atoms with Crippen molar-refractivity contribution < 1.29 is 4.74 Å². The second-order valence-electron chi connectivity index (χ2n) is 2.65. The summed E-state index contributed by atoms with van der Waals surface area (Å²) in [5.74, 6) is 0.900. The third kappa shape index (κ3) is 1.83. The Morgan fingerprint density at radius 2 is 2.12 bits per heavy atom. The quantitative estimate of drug-likeness (QED) is 0.466. The summed E-state index contributed by atoms with van der Waals surface area (Å²) in [5, 5.41) is 0. The van der Waals surface area contributed by atoms with Crippen LogP contribution < -0.4 is 0 Å².